The summed E-state index contributed by atoms with van der Waals surface area (Å²) in [5, 5.41) is 7.49. The Labute approximate surface area is 171 Å². The van der Waals surface area contributed by atoms with E-state index in [1.807, 2.05) is 0 Å². The van der Waals surface area contributed by atoms with Crippen LogP contribution in [0.1, 0.15) is 26.6 Å². The van der Waals surface area contributed by atoms with Crippen LogP contribution in [0.25, 0.3) is 0 Å². The van der Waals surface area contributed by atoms with E-state index < -0.39 is 16.0 Å². The molecule has 0 fully saturated rings. The number of nitrogens with zero attached hydrogens (tertiary/aromatic N) is 1. The number of aromatic nitrogens is 1. The molecule has 0 aliphatic rings. The summed E-state index contributed by atoms with van der Waals surface area (Å²) in [6.07, 6.45) is 0. The average Bonchev–Trinajstić information content (AvgIpc) is 3.13. The molecule has 0 saturated carbocycles. The first-order chi connectivity index (χ1) is 13.7. The minimum absolute atomic E-state index is 0.0784. The smallest absolute Gasteiger partial charge is 0.338 e. The molecule has 152 valence electrons. The molecule has 3 aromatic rings. The molecule has 0 radical (unpaired) electrons. The maximum Gasteiger partial charge on any atom is 0.338 e. The molecule has 0 amide bonds. The fraction of sp³-hybridized carbons (Fsp3) is 0.158. The molecule has 2 aromatic carbocycles. The zero-order valence-corrected chi connectivity index (χ0v) is 16.9. The lowest BCUT2D eigenvalue weighted by molar-refractivity contribution is 0.0467. The minimum atomic E-state index is -3.92. The zero-order chi connectivity index (χ0) is 21.0. The lowest BCUT2D eigenvalue weighted by atomic mass is 10.1. The van der Waals surface area contributed by atoms with Crippen LogP contribution in [0.5, 0.6) is 5.75 Å². The summed E-state index contributed by atoms with van der Waals surface area (Å²) in [5.41, 5.74) is 1.21. The van der Waals surface area contributed by atoms with Gasteiger partial charge in [0, 0.05) is 5.38 Å². The molecule has 0 saturated heterocycles. The lowest BCUT2D eigenvalue weighted by Crippen LogP contribution is -2.14. The summed E-state index contributed by atoms with van der Waals surface area (Å²) < 4.78 is 46.6. The van der Waals surface area contributed by atoms with Crippen molar-refractivity contribution in [3.8, 4) is 5.75 Å². The third-order valence-electron chi connectivity index (χ3n) is 3.88. The number of carbonyl (C=O) groups is 1. The Morgan fingerprint density at radius 1 is 1.17 bits per heavy atom. The van der Waals surface area contributed by atoms with E-state index in [1.165, 1.54) is 53.8 Å². The molecular weight excluding hydrogens is 419 g/mol. The zero-order valence-electron chi connectivity index (χ0n) is 15.3. The first-order valence-electron chi connectivity index (χ1n) is 8.34. The molecule has 0 bridgehead atoms. The molecule has 1 aromatic heterocycles. The van der Waals surface area contributed by atoms with E-state index in [4.69, 9.17) is 14.6 Å². The Kier molecular flexibility index (Phi) is 6.26. The highest BCUT2D eigenvalue weighted by Crippen LogP contribution is 2.18. The van der Waals surface area contributed by atoms with E-state index in [0.29, 0.717) is 22.0 Å². The van der Waals surface area contributed by atoms with E-state index in [2.05, 4.69) is 4.98 Å². The SMILES string of the molecule is Cc1ccc(S(N)(=O)=O)cc1C(=O)OCc1csc(COc2ccc(F)cc2)n1. The maximum atomic E-state index is 12.9. The Morgan fingerprint density at radius 2 is 1.90 bits per heavy atom. The lowest BCUT2D eigenvalue weighted by Gasteiger charge is -2.08. The molecule has 7 nitrogen and oxygen atoms in total. The number of nitrogens with two attached hydrogens (primary N) is 1. The molecule has 10 heteroatoms. The van der Waals surface area contributed by atoms with Crippen molar-refractivity contribution >= 4 is 27.3 Å². The Balaban J connectivity index is 1.59. The molecule has 3 rings (SSSR count). The highest BCUT2D eigenvalue weighted by molar-refractivity contribution is 7.89. The van der Waals surface area contributed by atoms with Crippen molar-refractivity contribution in [2.24, 2.45) is 5.14 Å². The summed E-state index contributed by atoms with van der Waals surface area (Å²) in [5.74, 6) is -0.509. The summed E-state index contributed by atoms with van der Waals surface area (Å²) in [7, 11) is -3.92. The first-order valence-corrected chi connectivity index (χ1v) is 10.8. The topological polar surface area (TPSA) is 109 Å². The molecule has 1 heterocycles. The molecule has 29 heavy (non-hydrogen) atoms. The van der Waals surface area contributed by atoms with Gasteiger partial charge in [-0.05, 0) is 48.9 Å². The van der Waals surface area contributed by atoms with Crippen LogP contribution in [0, 0.1) is 12.7 Å². The third kappa shape index (κ3) is 5.59. The minimum Gasteiger partial charge on any atom is -0.486 e. The van der Waals surface area contributed by atoms with Crippen molar-refractivity contribution in [2.75, 3.05) is 0 Å². The molecular formula is C19H17FN2O5S2. The number of sulfonamides is 1. The first kappa shape index (κ1) is 20.9. The van der Waals surface area contributed by atoms with Crippen molar-refractivity contribution in [2.45, 2.75) is 25.0 Å². The van der Waals surface area contributed by atoms with Gasteiger partial charge in [0.2, 0.25) is 10.0 Å². The fourth-order valence-corrected chi connectivity index (χ4v) is 3.60. The van der Waals surface area contributed by atoms with Gasteiger partial charge in [-0.15, -0.1) is 11.3 Å². The number of benzene rings is 2. The average molecular weight is 436 g/mol. The quantitative estimate of drug-likeness (QED) is 0.570. The Hall–Kier alpha value is -2.82. The second kappa shape index (κ2) is 8.68. The summed E-state index contributed by atoms with van der Waals surface area (Å²) >= 11 is 1.33. The number of aryl methyl sites for hydroxylation is 1. The summed E-state index contributed by atoms with van der Waals surface area (Å²) in [6.45, 7) is 1.78. The van der Waals surface area contributed by atoms with Crippen molar-refractivity contribution in [3.63, 3.8) is 0 Å². The van der Waals surface area contributed by atoms with Gasteiger partial charge in [0.05, 0.1) is 16.2 Å². The van der Waals surface area contributed by atoms with Gasteiger partial charge >= 0.3 is 5.97 Å². The molecule has 0 spiro atoms. The van der Waals surface area contributed by atoms with Crippen molar-refractivity contribution in [1.82, 2.24) is 4.98 Å². The van der Waals surface area contributed by atoms with Gasteiger partial charge in [0.1, 0.15) is 29.8 Å². The number of hydrogen-bond acceptors (Lipinski definition) is 7. The van der Waals surface area contributed by atoms with Crippen molar-refractivity contribution in [1.29, 1.82) is 0 Å². The van der Waals surface area contributed by atoms with Gasteiger partial charge < -0.3 is 9.47 Å². The van der Waals surface area contributed by atoms with Crippen LogP contribution >= 0.6 is 11.3 Å². The number of halogens is 1. The van der Waals surface area contributed by atoms with Gasteiger partial charge in [-0.25, -0.2) is 27.7 Å². The molecule has 2 N–H and O–H groups in total. The van der Waals surface area contributed by atoms with Crippen LogP contribution in [0.15, 0.2) is 52.7 Å². The molecule has 0 aliphatic heterocycles. The van der Waals surface area contributed by atoms with Crippen LogP contribution in [0.3, 0.4) is 0 Å². The molecule has 0 unspecified atom stereocenters. The second-order valence-corrected chi connectivity index (χ2v) is 8.58. The number of esters is 1. The van der Waals surface area contributed by atoms with E-state index in [-0.39, 0.29) is 29.5 Å². The number of hydrogen-bond donors (Lipinski definition) is 1. The standard InChI is InChI=1S/C19H17FN2O5S2/c1-12-2-7-16(29(21,24)25)8-17(12)19(23)27-9-14-11-28-18(22-14)10-26-15-5-3-13(20)4-6-15/h2-8,11H,9-10H2,1H3,(H2,21,24,25). The summed E-state index contributed by atoms with van der Waals surface area (Å²) in [4.78, 5) is 16.5. The third-order valence-corrected chi connectivity index (χ3v) is 5.67. The second-order valence-electron chi connectivity index (χ2n) is 6.07. The molecule has 0 aliphatic carbocycles. The van der Waals surface area contributed by atoms with Crippen LogP contribution < -0.4 is 9.88 Å². The van der Waals surface area contributed by atoms with Gasteiger partial charge in [-0.1, -0.05) is 6.07 Å². The van der Waals surface area contributed by atoms with Gasteiger partial charge in [-0.2, -0.15) is 0 Å². The number of rotatable bonds is 7. The van der Waals surface area contributed by atoms with Gasteiger partial charge in [0.15, 0.2) is 0 Å². The van der Waals surface area contributed by atoms with Gasteiger partial charge in [0.25, 0.3) is 0 Å². The number of thiazole rings is 1. The summed E-state index contributed by atoms with van der Waals surface area (Å²) in [6, 6.07) is 9.65. The van der Waals surface area contributed by atoms with Crippen molar-refractivity contribution in [3.05, 3.63) is 75.5 Å². The predicted octanol–water partition coefficient (Wildman–Crippen LogP) is 3.17. The van der Waals surface area contributed by atoms with Crippen LogP contribution in [-0.2, 0) is 28.0 Å². The number of carbonyl (C=O) groups excluding carboxylic acids is 1. The predicted molar refractivity (Wildman–Crippen MR) is 105 cm³/mol. The number of ether oxygens (including phenoxy) is 2. The van der Waals surface area contributed by atoms with E-state index in [9.17, 15) is 17.6 Å². The highest BCUT2D eigenvalue weighted by Gasteiger charge is 2.16. The van der Waals surface area contributed by atoms with E-state index >= 15 is 0 Å². The number of primary sulfonamides is 1. The van der Waals surface area contributed by atoms with Crippen LogP contribution in [0.2, 0.25) is 0 Å². The molecule has 0 atom stereocenters. The largest absolute Gasteiger partial charge is 0.486 e. The monoisotopic (exact) mass is 436 g/mol. The normalized spacial score (nSPS) is 11.3. The highest BCUT2D eigenvalue weighted by atomic mass is 32.2. The van der Waals surface area contributed by atoms with Crippen LogP contribution in [-0.4, -0.2) is 19.4 Å². The van der Waals surface area contributed by atoms with E-state index in [1.54, 1.807) is 12.3 Å². The Morgan fingerprint density at radius 3 is 2.59 bits per heavy atom. The van der Waals surface area contributed by atoms with E-state index in [0.717, 1.165) is 0 Å². The fourth-order valence-electron chi connectivity index (χ4n) is 2.37. The van der Waals surface area contributed by atoms with Gasteiger partial charge in [-0.3, -0.25) is 0 Å². The van der Waals surface area contributed by atoms with Crippen molar-refractivity contribution < 1.29 is 27.1 Å². The van der Waals surface area contributed by atoms with Crippen LogP contribution in [0.4, 0.5) is 4.39 Å². The Bertz CT molecular complexity index is 1130. The maximum absolute atomic E-state index is 12.9.